The third-order valence-electron chi connectivity index (χ3n) is 3.22. The van der Waals surface area contributed by atoms with Crippen molar-refractivity contribution < 1.29 is 14.4 Å². The summed E-state index contributed by atoms with van der Waals surface area (Å²) in [5.74, 6) is -1.09. The fourth-order valence-corrected chi connectivity index (χ4v) is 2.69. The summed E-state index contributed by atoms with van der Waals surface area (Å²) in [6.07, 6.45) is 0. The lowest BCUT2D eigenvalue weighted by Crippen LogP contribution is -2.05. The van der Waals surface area contributed by atoms with E-state index in [2.05, 4.69) is 27.6 Å². The molecule has 3 rings (SSSR count). The molecule has 8 heteroatoms. The first-order valence-corrected chi connectivity index (χ1v) is 7.76. The number of aromatic nitrogens is 1. The molecule has 0 aliphatic heterocycles. The first kappa shape index (κ1) is 16.1. The highest BCUT2D eigenvalue weighted by molar-refractivity contribution is 14.1. The van der Waals surface area contributed by atoms with Crippen LogP contribution in [0.2, 0.25) is 0 Å². The molecule has 0 aliphatic rings. The summed E-state index contributed by atoms with van der Waals surface area (Å²) in [6.45, 7) is 0. The van der Waals surface area contributed by atoms with Crippen LogP contribution in [0.25, 0.3) is 22.7 Å². The number of nitrogens with zero attached hydrogens (tertiary/aromatic N) is 2. The van der Waals surface area contributed by atoms with Gasteiger partial charge in [-0.25, -0.2) is 9.78 Å². The lowest BCUT2D eigenvalue weighted by Gasteiger charge is -2.12. The number of benzene rings is 2. The maximum atomic E-state index is 12.2. The molecular formula is C16H8IN2O5-. The standard InChI is InChI=1S/C16H9IN2O5/c17-10-4-1-3-9(7-10)12-8-14(20)24-16(18-12)11-5-2-6-13(15(11)21)19(22)23/h1-8,21H/p-1. The minimum atomic E-state index is -0.849. The lowest BCUT2D eigenvalue weighted by molar-refractivity contribution is -0.398. The van der Waals surface area contributed by atoms with E-state index < -0.39 is 22.0 Å². The molecule has 3 aromatic rings. The van der Waals surface area contributed by atoms with Crippen LogP contribution < -0.4 is 10.7 Å². The van der Waals surface area contributed by atoms with Crippen molar-refractivity contribution in [3.05, 3.63) is 72.6 Å². The topological polar surface area (TPSA) is 109 Å². The monoisotopic (exact) mass is 435 g/mol. The van der Waals surface area contributed by atoms with Crippen LogP contribution >= 0.6 is 22.6 Å². The molecule has 0 spiro atoms. The summed E-state index contributed by atoms with van der Waals surface area (Å²) < 4.78 is 5.93. The first-order valence-electron chi connectivity index (χ1n) is 6.68. The number of nitro groups is 1. The molecule has 24 heavy (non-hydrogen) atoms. The van der Waals surface area contributed by atoms with Crippen molar-refractivity contribution in [1.82, 2.24) is 4.98 Å². The minimum Gasteiger partial charge on any atom is -0.867 e. The van der Waals surface area contributed by atoms with Gasteiger partial charge >= 0.3 is 5.63 Å². The Balaban J connectivity index is 2.19. The quantitative estimate of drug-likeness (QED) is 0.356. The molecule has 0 unspecified atom stereocenters. The van der Waals surface area contributed by atoms with Crippen molar-refractivity contribution in [2.75, 3.05) is 0 Å². The zero-order valence-corrected chi connectivity index (χ0v) is 14.1. The van der Waals surface area contributed by atoms with Crippen LogP contribution in [0.15, 0.2) is 57.7 Å². The van der Waals surface area contributed by atoms with E-state index in [0.717, 1.165) is 9.64 Å². The van der Waals surface area contributed by atoms with Gasteiger partial charge in [-0.15, -0.1) is 0 Å². The van der Waals surface area contributed by atoms with Gasteiger partial charge < -0.3 is 9.52 Å². The first-order chi connectivity index (χ1) is 11.5. The SMILES string of the molecule is O=c1cc(-c2cccc(I)c2)nc(-c2cccc([N+](=O)[O-])c2[O-])o1. The Morgan fingerprint density at radius 1 is 1.12 bits per heavy atom. The third kappa shape index (κ3) is 3.13. The van der Waals surface area contributed by atoms with Gasteiger partial charge in [0.15, 0.2) is 0 Å². The van der Waals surface area contributed by atoms with E-state index in [4.69, 9.17) is 4.42 Å². The predicted octanol–water partition coefficient (Wildman–Crippen LogP) is 2.96. The van der Waals surface area contributed by atoms with Gasteiger partial charge in [-0.05, 0) is 46.5 Å². The molecule has 0 N–H and O–H groups in total. The average Bonchev–Trinajstić information content (AvgIpc) is 2.54. The van der Waals surface area contributed by atoms with E-state index in [1.54, 1.807) is 12.1 Å². The van der Waals surface area contributed by atoms with E-state index in [9.17, 15) is 20.0 Å². The van der Waals surface area contributed by atoms with Crippen molar-refractivity contribution in [3.63, 3.8) is 0 Å². The summed E-state index contributed by atoms with van der Waals surface area (Å²) in [7, 11) is 0. The molecule has 0 radical (unpaired) electrons. The zero-order chi connectivity index (χ0) is 17.3. The van der Waals surface area contributed by atoms with Gasteiger partial charge in [-0.1, -0.05) is 18.2 Å². The Kier molecular flexibility index (Phi) is 4.30. The van der Waals surface area contributed by atoms with Gasteiger partial charge in [-0.3, -0.25) is 10.1 Å². The van der Waals surface area contributed by atoms with Crippen molar-refractivity contribution in [2.24, 2.45) is 0 Å². The normalized spacial score (nSPS) is 10.5. The van der Waals surface area contributed by atoms with Crippen LogP contribution in [0.4, 0.5) is 5.69 Å². The summed E-state index contributed by atoms with van der Waals surface area (Å²) in [5, 5.41) is 23.1. The van der Waals surface area contributed by atoms with E-state index >= 15 is 0 Å². The highest BCUT2D eigenvalue weighted by Crippen LogP contribution is 2.33. The zero-order valence-electron chi connectivity index (χ0n) is 11.9. The highest BCUT2D eigenvalue weighted by Gasteiger charge is 2.15. The summed E-state index contributed by atoms with van der Waals surface area (Å²) >= 11 is 2.12. The molecule has 0 saturated heterocycles. The number of nitro benzene ring substituents is 1. The lowest BCUT2D eigenvalue weighted by atomic mass is 10.1. The molecule has 0 bridgehead atoms. The minimum absolute atomic E-state index is 0.131. The maximum Gasteiger partial charge on any atom is 0.339 e. The van der Waals surface area contributed by atoms with Crippen LogP contribution in [0.5, 0.6) is 5.75 Å². The van der Waals surface area contributed by atoms with E-state index in [1.165, 1.54) is 18.2 Å². The van der Waals surface area contributed by atoms with Crippen molar-refractivity contribution in [3.8, 4) is 28.5 Å². The highest BCUT2D eigenvalue weighted by atomic mass is 127. The van der Waals surface area contributed by atoms with E-state index in [0.29, 0.717) is 11.3 Å². The Morgan fingerprint density at radius 2 is 1.88 bits per heavy atom. The molecular weight excluding hydrogens is 427 g/mol. The fraction of sp³-hybridized carbons (Fsp3) is 0. The van der Waals surface area contributed by atoms with Gasteiger partial charge in [0.25, 0.3) is 5.69 Å². The van der Waals surface area contributed by atoms with Crippen molar-refractivity contribution in [1.29, 1.82) is 0 Å². The molecule has 120 valence electrons. The molecule has 1 heterocycles. The van der Waals surface area contributed by atoms with Crippen LogP contribution in [0.1, 0.15) is 0 Å². The van der Waals surface area contributed by atoms with Crippen molar-refractivity contribution >= 4 is 28.3 Å². The molecule has 0 aliphatic carbocycles. The van der Waals surface area contributed by atoms with Gasteiger partial charge in [-0.2, -0.15) is 0 Å². The average molecular weight is 435 g/mol. The summed E-state index contributed by atoms with van der Waals surface area (Å²) in [6, 6.07) is 12.2. The molecule has 0 fully saturated rings. The number of rotatable bonds is 3. The van der Waals surface area contributed by atoms with Gasteiger partial charge in [0.1, 0.15) is 0 Å². The Morgan fingerprint density at radius 3 is 2.58 bits per heavy atom. The van der Waals surface area contributed by atoms with Crippen LogP contribution in [-0.4, -0.2) is 9.91 Å². The van der Waals surface area contributed by atoms with Crippen LogP contribution in [0.3, 0.4) is 0 Å². The van der Waals surface area contributed by atoms with Gasteiger partial charge in [0.2, 0.25) is 5.89 Å². The summed E-state index contributed by atoms with van der Waals surface area (Å²) in [5.41, 5.74) is -0.426. The van der Waals surface area contributed by atoms with Crippen LogP contribution in [0, 0.1) is 13.7 Å². The second kappa shape index (κ2) is 6.40. The molecule has 0 atom stereocenters. The van der Waals surface area contributed by atoms with Gasteiger partial charge in [0, 0.05) is 20.8 Å². The Bertz CT molecular complexity index is 1000. The smallest absolute Gasteiger partial charge is 0.339 e. The second-order valence-electron chi connectivity index (χ2n) is 4.79. The van der Waals surface area contributed by atoms with Gasteiger partial charge in [0.05, 0.1) is 16.7 Å². The number of hydrogen-bond acceptors (Lipinski definition) is 6. The van der Waals surface area contributed by atoms with E-state index in [1.807, 2.05) is 12.1 Å². The molecule has 2 aromatic carbocycles. The van der Waals surface area contributed by atoms with Crippen LogP contribution in [-0.2, 0) is 0 Å². The Labute approximate surface area is 148 Å². The fourth-order valence-electron chi connectivity index (χ4n) is 2.15. The predicted molar refractivity (Wildman–Crippen MR) is 92.5 cm³/mol. The second-order valence-corrected chi connectivity index (χ2v) is 6.03. The molecule has 0 amide bonds. The maximum absolute atomic E-state index is 12.2. The summed E-state index contributed by atoms with van der Waals surface area (Å²) in [4.78, 5) is 26.1. The number of hydrogen-bond donors (Lipinski definition) is 0. The molecule has 0 saturated carbocycles. The van der Waals surface area contributed by atoms with E-state index in [-0.39, 0.29) is 11.5 Å². The van der Waals surface area contributed by atoms with Crippen molar-refractivity contribution in [2.45, 2.75) is 0 Å². The molecule has 1 aromatic heterocycles. The number of para-hydroxylation sites is 1. The largest absolute Gasteiger partial charge is 0.867 e. The molecule has 7 nitrogen and oxygen atoms in total. The third-order valence-corrected chi connectivity index (χ3v) is 3.89. The Hall–Kier alpha value is -2.75. The number of halogens is 1.